The monoisotopic (exact) mass is 671 g/mol. The first-order valence-corrected chi connectivity index (χ1v) is 17.4. The van der Waals surface area contributed by atoms with Gasteiger partial charge in [0, 0.05) is 19.5 Å². The van der Waals surface area contributed by atoms with Gasteiger partial charge in [-0.05, 0) is 36.3 Å². The van der Waals surface area contributed by atoms with Gasteiger partial charge in [0.2, 0.25) is 17.7 Å². The van der Waals surface area contributed by atoms with E-state index in [9.17, 15) is 24.3 Å². The smallest absolute Gasteiger partial charge is 0.313 e. The molecule has 2 bridgehead atoms. The van der Waals surface area contributed by atoms with E-state index in [2.05, 4.69) is 18.5 Å². The predicted molar refractivity (Wildman–Crippen MR) is 185 cm³/mol. The summed E-state index contributed by atoms with van der Waals surface area (Å²) in [5, 5.41) is 13.5. The summed E-state index contributed by atoms with van der Waals surface area (Å²) in [6.07, 6.45) is 4.24. The topological polar surface area (TPSA) is 125 Å². The van der Waals surface area contributed by atoms with Crippen molar-refractivity contribution in [3.05, 3.63) is 97.1 Å². The minimum absolute atomic E-state index is 0.0531. The lowest BCUT2D eigenvalue weighted by Gasteiger charge is -2.41. The molecule has 0 aromatic heterocycles. The molecule has 3 amide bonds. The maximum atomic E-state index is 14.8. The minimum atomic E-state index is -1.26. The van der Waals surface area contributed by atoms with Crippen LogP contribution in [0.25, 0.3) is 0 Å². The summed E-state index contributed by atoms with van der Waals surface area (Å²) in [6.45, 7) is 11.7. The Bertz CT molecular complexity index is 1500. The Kier molecular flexibility index (Phi) is 11.7. The Labute approximate surface area is 289 Å². The number of nitrogens with one attached hydrogen (secondary N) is 1. The van der Waals surface area contributed by atoms with Crippen molar-refractivity contribution < 1.29 is 33.8 Å². The molecule has 3 saturated heterocycles. The first kappa shape index (κ1) is 36.0. The lowest BCUT2D eigenvalue weighted by atomic mass is 9.70. The van der Waals surface area contributed by atoms with Crippen LogP contribution < -0.4 is 5.32 Å². The molecule has 49 heavy (non-hydrogen) atoms. The summed E-state index contributed by atoms with van der Waals surface area (Å²) in [5.74, 6) is -3.54. The highest BCUT2D eigenvalue weighted by atomic mass is 16.6. The Hall–Kier alpha value is -4.28. The maximum absolute atomic E-state index is 14.8. The molecular formula is C39H49N3O7. The van der Waals surface area contributed by atoms with Crippen molar-refractivity contribution in [1.82, 2.24) is 15.1 Å². The molecule has 10 nitrogen and oxygen atoms in total. The van der Waals surface area contributed by atoms with E-state index in [1.165, 1.54) is 4.90 Å². The van der Waals surface area contributed by atoms with E-state index >= 15 is 0 Å². The number of amides is 3. The van der Waals surface area contributed by atoms with Crippen LogP contribution in [0.3, 0.4) is 0 Å². The maximum Gasteiger partial charge on any atom is 0.313 e. The first-order chi connectivity index (χ1) is 23.7. The van der Waals surface area contributed by atoms with Crippen LogP contribution in [0.1, 0.15) is 63.2 Å². The zero-order valence-electron chi connectivity index (χ0n) is 28.5. The van der Waals surface area contributed by atoms with E-state index in [1.54, 1.807) is 17.1 Å². The molecular weight excluding hydrogens is 622 g/mol. The van der Waals surface area contributed by atoms with Crippen LogP contribution in [0.5, 0.6) is 0 Å². The third-order valence-electron chi connectivity index (χ3n) is 10.5. The second-order valence-corrected chi connectivity index (χ2v) is 13.4. The van der Waals surface area contributed by atoms with Gasteiger partial charge in [0.05, 0.1) is 37.1 Å². The number of likely N-dealkylation sites (tertiary alicyclic amines) is 1. The Balaban J connectivity index is 1.48. The minimum Gasteiger partial charge on any atom is -0.455 e. The highest BCUT2D eigenvalue weighted by Crippen LogP contribution is 2.59. The molecule has 8 atom stereocenters. The standard InChI is InChI=1S/C39H49N3O7/c1-5-8-19-32(44)40-23-31(28-17-13-10-14-18-28)48-38(47)33-30-20-21-39(49-30)34(33)36(45)42(29(25-43)26(4)7-3)35(39)37(46)41(22-6-2)24-27-15-11-9-12-16-27/h5-6,9-18,26,29-31,33-35,43H,1-2,7-8,19-25H2,3-4H3,(H,40,44)/t26-,29-,30-,31+,33+,34+,35-,39+/m0/s1. The molecule has 10 heteroatoms. The van der Waals surface area contributed by atoms with Gasteiger partial charge in [0.25, 0.3) is 0 Å². The molecule has 0 saturated carbocycles. The number of carbonyl (C=O) groups is 4. The molecule has 0 unspecified atom stereocenters. The van der Waals surface area contributed by atoms with Crippen molar-refractivity contribution in [3.8, 4) is 0 Å². The average Bonchev–Trinajstić information content (AvgIpc) is 3.77. The van der Waals surface area contributed by atoms with Crippen LogP contribution in [-0.2, 0) is 35.2 Å². The van der Waals surface area contributed by atoms with Gasteiger partial charge in [-0.1, -0.05) is 93.1 Å². The SMILES string of the molecule is C=CCCC(=O)NC[C@@H](OC(=O)[C@@H]1[C@@H]2CC[C@]3(O2)[C@H](C(=O)N(CC=C)Cc2ccccc2)N([C@@H](CO)[C@@H](C)CC)C(=O)[C@@H]13)c1ccccc1. The van der Waals surface area contributed by atoms with Crippen molar-refractivity contribution in [2.45, 2.75) is 82.4 Å². The number of aliphatic hydroxyl groups excluding tert-OH is 1. The van der Waals surface area contributed by atoms with Crippen LogP contribution in [-0.4, -0.2) is 82.1 Å². The number of esters is 1. The second kappa shape index (κ2) is 16.0. The average molecular weight is 672 g/mol. The van der Waals surface area contributed by atoms with E-state index in [4.69, 9.17) is 9.47 Å². The number of aliphatic hydroxyl groups is 1. The number of allylic oxidation sites excluding steroid dienone is 1. The first-order valence-electron chi connectivity index (χ1n) is 17.4. The molecule has 5 rings (SSSR count). The number of rotatable bonds is 17. The fraction of sp³-hybridized carbons (Fsp3) is 0.487. The molecule has 2 aromatic rings. The van der Waals surface area contributed by atoms with Crippen LogP contribution in [0.15, 0.2) is 86.0 Å². The molecule has 3 fully saturated rings. The second-order valence-electron chi connectivity index (χ2n) is 13.4. The summed E-state index contributed by atoms with van der Waals surface area (Å²) in [5.41, 5.74) is 0.356. The fourth-order valence-corrected chi connectivity index (χ4v) is 7.82. The third-order valence-corrected chi connectivity index (χ3v) is 10.5. The van der Waals surface area contributed by atoms with Crippen molar-refractivity contribution in [2.24, 2.45) is 17.8 Å². The van der Waals surface area contributed by atoms with Gasteiger partial charge < -0.3 is 29.7 Å². The quantitative estimate of drug-likeness (QED) is 0.189. The number of carbonyl (C=O) groups excluding carboxylic acids is 4. The summed E-state index contributed by atoms with van der Waals surface area (Å²) in [4.78, 5) is 59.4. The Morgan fingerprint density at radius 3 is 2.45 bits per heavy atom. The Morgan fingerprint density at radius 1 is 1.12 bits per heavy atom. The summed E-state index contributed by atoms with van der Waals surface area (Å²) in [6, 6.07) is 17.0. The number of hydrogen-bond acceptors (Lipinski definition) is 7. The summed E-state index contributed by atoms with van der Waals surface area (Å²) >= 11 is 0. The van der Waals surface area contributed by atoms with E-state index in [0.29, 0.717) is 37.8 Å². The van der Waals surface area contributed by atoms with Crippen LogP contribution in [0, 0.1) is 17.8 Å². The van der Waals surface area contributed by atoms with Crippen LogP contribution >= 0.6 is 0 Å². The molecule has 0 radical (unpaired) electrons. The van der Waals surface area contributed by atoms with E-state index < -0.39 is 47.7 Å². The van der Waals surface area contributed by atoms with Gasteiger partial charge >= 0.3 is 5.97 Å². The highest BCUT2D eigenvalue weighted by molar-refractivity contribution is 5.98. The van der Waals surface area contributed by atoms with Gasteiger partial charge in [0.15, 0.2) is 0 Å². The Morgan fingerprint density at radius 2 is 1.82 bits per heavy atom. The van der Waals surface area contributed by atoms with E-state index in [-0.39, 0.29) is 49.8 Å². The largest absolute Gasteiger partial charge is 0.455 e. The molecule has 2 aromatic carbocycles. The summed E-state index contributed by atoms with van der Waals surface area (Å²) in [7, 11) is 0. The van der Waals surface area contributed by atoms with Gasteiger partial charge in [-0.3, -0.25) is 19.2 Å². The third kappa shape index (κ3) is 7.21. The lowest BCUT2D eigenvalue weighted by molar-refractivity contribution is -0.161. The van der Waals surface area contributed by atoms with Crippen LogP contribution in [0.2, 0.25) is 0 Å². The molecule has 2 N–H and O–H groups in total. The number of benzene rings is 2. The van der Waals surface area contributed by atoms with Crippen LogP contribution in [0.4, 0.5) is 0 Å². The molecule has 1 spiro atoms. The molecule has 3 aliphatic heterocycles. The van der Waals surface area contributed by atoms with Crippen molar-refractivity contribution in [1.29, 1.82) is 0 Å². The number of fused-ring (bicyclic) bond motifs is 1. The normalized spacial score (nSPS) is 25.6. The molecule has 0 aliphatic carbocycles. The van der Waals surface area contributed by atoms with Crippen molar-refractivity contribution in [2.75, 3.05) is 19.7 Å². The van der Waals surface area contributed by atoms with Gasteiger partial charge in [0.1, 0.15) is 17.7 Å². The van der Waals surface area contributed by atoms with Crippen molar-refractivity contribution in [3.63, 3.8) is 0 Å². The van der Waals surface area contributed by atoms with Gasteiger partial charge in [-0.15, -0.1) is 13.2 Å². The lowest BCUT2D eigenvalue weighted by Crippen LogP contribution is -2.59. The number of hydrogen-bond donors (Lipinski definition) is 2. The van der Waals surface area contributed by atoms with E-state index in [0.717, 1.165) is 5.56 Å². The van der Waals surface area contributed by atoms with E-state index in [1.807, 2.05) is 74.5 Å². The number of nitrogens with zero attached hydrogens (tertiary/aromatic N) is 2. The highest BCUT2D eigenvalue weighted by Gasteiger charge is 2.76. The molecule has 3 heterocycles. The molecule has 3 aliphatic rings. The zero-order chi connectivity index (χ0) is 35.1. The predicted octanol–water partition coefficient (Wildman–Crippen LogP) is 4.35. The summed E-state index contributed by atoms with van der Waals surface area (Å²) < 4.78 is 12.8. The fourth-order valence-electron chi connectivity index (χ4n) is 7.82. The zero-order valence-corrected chi connectivity index (χ0v) is 28.5. The van der Waals surface area contributed by atoms with Gasteiger partial charge in [-0.2, -0.15) is 0 Å². The number of ether oxygens (including phenoxy) is 2. The molecule has 262 valence electrons. The van der Waals surface area contributed by atoms with Crippen molar-refractivity contribution >= 4 is 23.7 Å². The van der Waals surface area contributed by atoms with Gasteiger partial charge in [-0.25, -0.2) is 0 Å².